The van der Waals surface area contributed by atoms with Crippen molar-refractivity contribution in [1.29, 1.82) is 0 Å². The van der Waals surface area contributed by atoms with Crippen LogP contribution < -0.4 is 10.8 Å². The van der Waals surface area contributed by atoms with E-state index >= 15 is 0 Å². The minimum Gasteiger partial charge on any atom is -0.365 e. The topological polar surface area (TPSA) is 77.5 Å². The molecule has 1 saturated carbocycles. The lowest BCUT2D eigenvalue weighted by Crippen LogP contribution is -2.36. The Kier molecular flexibility index (Phi) is 10.5. The lowest BCUT2D eigenvalue weighted by atomic mass is 9.94. The zero-order valence-electron chi connectivity index (χ0n) is 15.4. The second-order valence-electron chi connectivity index (χ2n) is 6.95. The van der Waals surface area contributed by atoms with Crippen LogP contribution in [0.3, 0.4) is 0 Å². The van der Waals surface area contributed by atoms with E-state index in [-0.39, 0.29) is 24.8 Å². The summed E-state index contributed by atoms with van der Waals surface area (Å²) in [6.45, 7) is 2.07. The molecule has 0 bridgehead atoms. The monoisotopic (exact) mass is 454 g/mol. The van der Waals surface area contributed by atoms with Crippen LogP contribution in [0, 0.1) is 0 Å². The summed E-state index contributed by atoms with van der Waals surface area (Å²) in [7, 11) is 0. The molecule has 1 aromatic rings. The van der Waals surface area contributed by atoms with Gasteiger partial charge in [0.05, 0.1) is 5.02 Å². The van der Waals surface area contributed by atoms with Gasteiger partial charge in [-0.1, -0.05) is 30.9 Å². The maximum atomic E-state index is 13.5. The number of halogens is 4. The van der Waals surface area contributed by atoms with E-state index in [1.165, 1.54) is 49.8 Å². The van der Waals surface area contributed by atoms with Gasteiger partial charge in [-0.25, -0.2) is 14.9 Å². The Morgan fingerprint density at radius 2 is 2.00 bits per heavy atom. The fraction of sp³-hybridized carbons (Fsp3) is 0.556. The summed E-state index contributed by atoms with van der Waals surface area (Å²) in [6.07, 6.45) is 10.0. The normalized spacial score (nSPS) is 20.8. The number of carbonyl (C=O) groups excluding carboxylic acids is 1. The Hall–Kier alpha value is -1.12. The number of hydrogen-bond donors (Lipinski definition) is 3. The fourth-order valence-corrected chi connectivity index (χ4v) is 4.01. The first-order valence-electron chi connectivity index (χ1n) is 9.04. The summed E-state index contributed by atoms with van der Waals surface area (Å²) >= 11 is 6.25. The van der Waals surface area contributed by atoms with E-state index in [1.807, 2.05) is 0 Å². The number of likely N-dealkylation sites (tertiary alicyclic amines) is 1. The molecule has 3 rings (SSSR count). The third-order valence-electron chi connectivity index (χ3n) is 5.13. The minimum absolute atomic E-state index is 0. The molecule has 1 aliphatic carbocycles. The highest BCUT2D eigenvalue weighted by Gasteiger charge is 2.29. The molecule has 0 spiro atoms. The van der Waals surface area contributed by atoms with Crippen molar-refractivity contribution < 1.29 is 14.4 Å². The summed E-state index contributed by atoms with van der Waals surface area (Å²) in [5.41, 5.74) is 1.58. The molecule has 158 valence electrons. The Morgan fingerprint density at radius 1 is 1.29 bits per heavy atom. The number of nitrogens with one attached hydrogen (secondary N) is 2. The predicted molar refractivity (Wildman–Crippen MR) is 113 cm³/mol. The van der Waals surface area contributed by atoms with Crippen molar-refractivity contribution in [3.63, 3.8) is 0 Å². The molecule has 2 fully saturated rings. The predicted octanol–water partition coefficient (Wildman–Crippen LogP) is 4.21. The largest absolute Gasteiger partial charge is 0.365 e. The Balaban J connectivity index is 0.00000196. The lowest BCUT2D eigenvalue weighted by molar-refractivity contribution is -0.126. The van der Waals surface area contributed by atoms with Crippen molar-refractivity contribution in [1.82, 2.24) is 15.4 Å². The molecule has 10 heteroatoms. The number of aromatic nitrogens is 1. The van der Waals surface area contributed by atoms with E-state index in [2.05, 4.69) is 15.2 Å². The first-order valence-corrected chi connectivity index (χ1v) is 9.42. The van der Waals surface area contributed by atoms with E-state index in [0.29, 0.717) is 28.5 Å². The van der Waals surface area contributed by atoms with Crippen molar-refractivity contribution in [3.05, 3.63) is 28.7 Å². The van der Waals surface area contributed by atoms with Crippen LogP contribution in [-0.4, -0.2) is 46.2 Å². The number of anilines is 1. The number of amides is 1. The second-order valence-corrected chi connectivity index (χ2v) is 7.36. The van der Waals surface area contributed by atoms with Crippen LogP contribution in [0.2, 0.25) is 5.02 Å². The third kappa shape index (κ3) is 6.46. The summed E-state index contributed by atoms with van der Waals surface area (Å²) in [4.78, 5) is 17.8. The number of carbonyl (C=O) groups is 1. The Labute approximate surface area is 181 Å². The van der Waals surface area contributed by atoms with Crippen LogP contribution in [0.15, 0.2) is 18.1 Å². The summed E-state index contributed by atoms with van der Waals surface area (Å²) in [6, 6.07) is 2.53. The standard InChI is InChI=1S/C18H24ClFN4O2.2ClH/c19-15-8-12(9-16(20)18(25)23-26)10-21-17(15)22-13-6-7-24(11-13)14-4-2-1-3-5-14;;/h8-10,13-14,26H,1-7,11H2,(H,21,22)(H,23,25);2*1H/b16-9+;;/t13-;;/m1../s1. The second kappa shape index (κ2) is 11.8. The maximum Gasteiger partial charge on any atom is 0.303 e. The number of pyridine rings is 1. The molecule has 2 aliphatic rings. The average Bonchev–Trinajstić information content (AvgIpc) is 3.12. The van der Waals surface area contributed by atoms with Gasteiger partial charge in [-0.2, -0.15) is 0 Å². The van der Waals surface area contributed by atoms with Gasteiger partial charge < -0.3 is 5.32 Å². The number of hydrogen-bond acceptors (Lipinski definition) is 5. The first kappa shape index (κ1) is 24.9. The van der Waals surface area contributed by atoms with Gasteiger partial charge in [0.25, 0.3) is 0 Å². The Morgan fingerprint density at radius 3 is 2.64 bits per heavy atom. The van der Waals surface area contributed by atoms with Crippen molar-refractivity contribution in [2.24, 2.45) is 0 Å². The molecular formula is C18H26Cl3FN4O2. The van der Waals surface area contributed by atoms with Gasteiger partial charge in [-0.3, -0.25) is 14.9 Å². The van der Waals surface area contributed by atoms with E-state index in [1.54, 1.807) is 0 Å². The number of hydroxylamine groups is 1. The van der Waals surface area contributed by atoms with Gasteiger partial charge in [-0.05, 0) is 37.0 Å². The Bertz CT molecular complexity index is 687. The van der Waals surface area contributed by atoms with E-state index < -0.39 is 11.7 Å². The van der Waals surface area contributed by atoms with E-state index in [4.69, 9.17) is 16.8 Å². The quantitative estimate of drug-likeness (QED) is 0.352. The molecule has 1 aliphatic heterocycles. The van der Waals surface area contributed by atoms with Crippen LogP contribution >= 0.6 is 36.4 Å². The van der Waals surface area contributed by atoms with Crippen molar-refractivity contribution in [2.75, 3.05) is 18.4 Å². The molecule has 6 nitrogen and oxygen atoms in total. The smallest absolute Gasteiger partial charge is 0.303 e. The lowest BCUT2D eigenvalue weighted by Gasteiger charge is -2.31. The van der Waals surface area contributed by atoms with E-state index in [0.717, 1.165) is 25.6 Å². The molecule has 1 aromatic heterocycles. The van der Waals surface area contributed by atoms with Gasteiger partial charge in [0.2, 0.25) is 0 Å². The molecule has 0 unspecified atom stereocenters. The van der Waals surface area contributed by atoms with Crippen molar-refractivity contribution in [2.45, 2.75) is 50.6 Å². The van der Waals surface area contributed by atoms with Crippen molar-refractivity contribution in [3.8, 4) is 0 Å². The van der Waals surface area contributed by atoms with Crippen molar-refractivity contribution >= 4 is 54.2 Å². The highest BCUT2D eigenvalue weighted by molar-refractivity contribution is 6.33. The molecule has 1 amide bonds. The third-order valence-corrected chi connectivity index (χ3v) is 5.41. The van der Waals surface area contributed by atoms with Crippen LogP contribution in [-0.2, 0) is 4.79 Å². The van der Waals surface area contributed by atoms with Crippen LogP contribution in [0.5, 0.6) is 0 Å². The summed E-state index contributed by atoms with van der Waals surface area (Å²) in [5, 5.41) is 12.2. The number of nitrogens with zero attached hydrogens (tertiary/aromatic N) is 2. The molecule has 3 N–H and O–H groups in total. The molecule has 28 heavy (non-hydrogen) atoms. The molecule has 1 atom stereocenters. The number of rotatable bonds is 5. The minimum atomic E-state index is -1.21. The van der Waals surface area contributed by atoms with Crippen LogP contribution in [0.25, 0.3) is 6.08 Å². The van der Waals surface area contributed by atoms with Gasteiger partial charge in [0, 0.05) is 31.4 Å². The van der Waals surface area contributed by atoms with Crippen LogP contribution in [0.4, 0.5) is 10.2 Å². The molecule has 2 heterocycles. The first-order chi connectivity index (χ1) is 12.6. The highest BCUT2D eigenvalue weighted by Crippen LogP contribution is 2.28. The van der Waals surface area contributed by atoms with Crippen LogP contribution in [0.1, 0.15) is 44.1 Å². The summed E-state index contributed by atoms with van der Waals surface area (Å²) in [5.74, 6) is -1.77. The zero-order chi connectivity index (χ0) is 18.5. The SMILES string of the molecule is Cl.Cl.O=C(NO)/C(F)=C\c1cnc(N[C@@H]2CCN(C3CCCCC3)C2)c(Cl)c1. The average molecular weight is 456 g/mol. The van der Waals surface area contributed by atoms with Gasteiger partial charge in [0.15, 0.2) is 5.83 Å². The van der Waals surface area contributed by atoms with Gasteiger partial charge in [0.1, 0.15) is 5.82 Å². The molecular weight excluding hydrogens is 430 g/mol. The maximum absolute atomic E-state index is 13.5. The highest BCUT2D eigenvalue weighted by atomic mass is 35.5. The summed E-state index contributed by atoms with van der Waals surface area (Å²) < 4.78 is 13.5. The molecule has 0 aromatic carbocycles. The fourth-order valence-electron chi connectivity index (χ4n) is 3.78. The van der Waals surface area contributed by atoms with Gasteiger partial charge >= 0.3 is 5.91 Å². The van der Waals surface area contributed by atoms with E-state index in [9.17, 15) is 9.18 Å². The van der Waals surface area contributed by atoms with Gasteiger partial charge in [-0.15, -0.1) is 24.8 Å². The molecule has 0 radical (unpaired) electrons. The zero-order valence-corrected chi connectivity index (χ0v) is 17.8. The molecule has 1 saturated heterocycles.